The number of unbranched alkanes of at least 4 members (excludes halogenated alkanes) is 2. The molecule has 23 heavy (non-hydrogen) atoms. The van der Waals surface area contributed by atoms with Crippen molar-refractivity contribution in [2.45, 2.75) is 32.7 Å². The molecule has 0 amide bonds. The number of aliphatic imine (C=N–C) groups is 1. The zero-order valence-corrected chi connectivity index (χ0v) is 14.1. The van der Waals surface area contributed by atoms with Crippen LogP contribution in [0.5, 0.6) is 11.5 Å². The summed E-state index contributed by atoms with van der Waals surface area (Å²) in [6.45, 7) is 5.56. The summed E-state index contributed by atoms with van der Waals surface area (Å²) in [7, 11) is 1.74. The Balaban J connectivity index is 1.78. The van der Waals surface area contributed by atoms with Crippen LogP contribution in [0.1, 0.15) is 31.7 Å². The number of rotatable bonds is 9. The summed E-state index contributed by atoms with van der Waals surface area (Å²) >= 11 is 0. The topological polar surface area (TPSA) is 64.1 Å². The van der Waals surface area contributed by atoms with Gasteiger partial charge in [0.15, 0.2) is 17.5 Å². The Morgan fingerprint density at radius 2 is 2.04 bits per heavy atom. The van der Waals surface area contributed by atoms with E-state index < -0.39 is 0 Å². The summed E-state index contributed by atoms with van der Waals surface area (Å²) in [5.41, 5.74) is 1.10. The summed E-state index contributed by atoms with van der Waals surface area (Å²) in [5.74, 6) is 2.45. The van der Waals surface area contributed by atoms with Gasteiger partial charge < -0.3 is 24.8 Å². The number of benzene rings is 1. The average molecular weight is 321 g/mol. The predicted molar refractivity (Wildman–Crippen MR) is 91.1 cm³/mol. The van der Waals surface area contributed by atoms with Crippen molar-refractivity contribution < 1.29 is 14.2 Å². The van der Waals surface area contributed by atoms with Crippen LogP contribution in [0.4, 0.5) is 0 Å². The van der Waals surface area contributed by atoms with Gasteiger partial charge in [-0.1, -0.05) is 6.07 Å². The van der Waals surface area contributed by atoms with E-state index >= 15 is 0 Å². The zero-order valence-electron chi connectivity index (χ0n) is 14.1. The Bertz CT molecular complexity index is 506. The van der Waals surface area contributed by atoms with Crippen LogP contribution < -0.4 is 20.1 Å². The zero-order chi connectivity index (χ0) is 16.3. The highest BCUT2D eigenvalue weighted by atomic mass is 16.7. The molecule has 1 aromatic rings. The van der Waals surface area contributed by atoms with Gasteiger partial charge in [0, 0.05) is 26.8 Å². The molecule has 0 unspecified atom stereocenters. The fourth-order valence-corrected chi connectivity index (χ4v) is 2.31. The molecule has 0 atom stereocenters. The molecule has 2 rings (SSSR count). The van der Waals surface area contributed by atoms with Crippen LogP contribution in [-0.4, -0.2) is 39.6 Å². The van der Waals surface area contributed by atoms with Crippen LogP contribution in [0.25, 0.3) is 0 Å². The van der Waals surface area contributed by atoms with Crippen LogP contribution in [-0.2, 0) is 11.3 Å². The predicted octanol–water partition coefficient (Wildman–Crippen LogP) is 2.29. The molecule has 0 bridgehead atoms. The van der Waals surface area contributed by atoms with Crippen molar-refractivity contribution in [2.24, 2.45) is 4.99 Å². The molecule has 0 aliphatic carbocycles. The minimum absolute atomic E-state index is 0.301. The van der Waals surface area contributed by atoms with E-state index in [0.29, 0.717) is 13.3 Å². The Hall–Kier alpha value is -1.95. The van der Waals surface area contributed by atoms with Crippen LogP contribution in [0, 0.1) is 0 Å². The molecule has 1 aliphatic rings. The summed E-state index contributed by atoms with van der Waals surface area (Å²) in [4.78, 5) is 4.62. The fourth-order valence-electron chi connectivity index (χ4n) is 2.31. The Labute approximate surface area is 138 Å². The van der Waals surface area contributed by atoms with E-state index in [1.54, 1.807) is 7.11 Å². The van der Waals surface area contributed by atoms with E-state index in [1.807, 2.05) is 18.2 Å². The van der Waals surface area contributed by atoms with Crippen molar-refractivity contribution in [1.29, 1.82) is 0 Å². The number of hydrogen-bond donors (Lipinski definition) is 2. The largest absolute Gasteiger partial charge is 0.454 e. The Kier molecular flexibility index (Phi) is 7.52. The minimum Gasteiger partial charge on any atom is -0.454 e. The molecular formula is C17H27N3O3. The number of fused-ring (bicyclic) bond motifs is 1. The second kappa shape index (κ2) is 9.94. The molecule has 0 saturated heterocycles. The normalized spacial score (nSPS) is 13.2. The molecule has 6 nitrogen and oxygen atoms in total. The lowest BCUT2D eigenvalue weighted by molar-refractivity contribution is 0.174. The van der Waals surface area contributed by atoms with Crippen molar-refractivity contribution in [3.8, 4) is 11.5 Å². The first-order valence-corrected chi connectivity index (χ1v) is 8.23. The summed E-state index contributed by atoms with van der Waals surface area (Å²) in [6, 6.07) is 5.94. The third kappa shape index (κ3) is 5.98. The third-order valence-corrected chi connectivity index (χ3v) is 3.52. The third-order valence-electron chi connectivity index (χ3n) is 3.52. The molecule has 2 N–H and O–H groups in total. The first-order valence-electron chi connectivity index (χ1n) is 8.23. The summed E-state index contributed by atoms with van der Waals surface area (Å²) in [5, 5.41) is 6.63. The average Bonchev–Trinajstić information content (AvgIpc) is 3.03. The number of guanidine groups is 1. The van der Waals surface area contributed by atoms with E-state index in [9.17, 15) is 0 Å². The van der Waals surface area contributed by atoms with Gasteiger partial charge in [-0.15, -0.1) is 0 Å². The minimum atomic E-state index is 0.301. The van der Waals surface area contributed by atoms with Crippen molar-refractivity contribution in [3.63, 3.8) is 0 Å². The molecule has 0 saturated carbocycles. The van der Waals surface area contributed by atoms with Gasteiger partial charge in [-0.25, -0.2) is 4.99 Å². The fraction of sp³-hybridized carbons (Fsp3) is 0.588. The highest BCUT2D eigenvalue weighted by Gasteiger charge is 2.12. The van der Waals surface area contributed by atoms with Gasteiger partial charge in [0.05, 0.1) is 6.54 Å². The number of hydrogen-bond acceptors (Lipinski definition) is 4. The van der Waals surface area contributed by atoms with Crippen molar-refractivity contribution in [3.05, 3.63) is 23.8 Å². The smallest absolute Gasteiger partial charge is 0.231 e. The Morgan fingerprint density at radius 3 is 2.87 bits per heavy atom. The lowest BCUT2D eigenvalue weighted by Crippen LogP contribution is -2.37. The van der Waals surface area contributed by atoms with Gasteiger partial charge in [0.2, 0.25) is 6.79 Å². The van der Waals surface area contributed by atoms with E-state index in [4.69, 9.17) is 14.2 Å². The molecule has 1 aliphatic heterocycles. The molecule has 1 aromatic carbocycles. The number of nitrogens with zero attached hydrogens (tertiary/aromatic N) is 1. The summed E-state index contributed by atoms with van der Waals surface area (Å²) in [6.07, 6.45) is 3.36. The highest BCUT2D eigenvalue weighted by Crippen LogP contribution is 2.32. The van der Waals surface area contributed by atoms with E-state index in [1.165, 1.54) is 0 Å². The molecule has 0 aromatic heterocycles. The maximum absolute atomic E-state index is 5.39. The van der Waals surface area contributed by atoms with Crippen LogP contribution in [0.2, 0.25) is 0 Å². The van der Waals surface area contributed by atoms with Gasteiger partial charge in [0.1, 0.15) is 0 Å². The van der Waals surface area contributed by atoms with E-state index in [0.717, 1.165) is 62.0 Å². The summed E-state index contributed by atoms with van der Waals surface area (Å²) < 4.78 is 15.8. The quantitative estimate of drug-likeness (QED) is 0.415. The van der Waals surface area contributed by atoms with Crippen molar-refractivity contribution >= 4 is 5.96 Å². The maximum atomic E-state index is 5.39. The molecule has 6 heteroatoms. The standard InChI is InChI=1S/C17H27N3O3/c1-3-18-17(19-9-5-4-6-10-21-2)20-12-14-7-8-15-16(11-14)23-13-22-15/h7-8,11H,3-6,9-10,12-13H2,1-2H3,(H2,18,19,20). The van der Waals surface area contributed by atoms with Crippen LogP contribution in [0.15, 0.2) is 23.2 Å². The molecule has 0 radical (unpaired) electrons. The first kappa shape index (κ1) is 17.4. The number of ether oxygens (including phenoxy) is 3. The molecule has 0 spiro atoms. The molecule has 0 fully saturated rings. The van der Waals surface area contributed by atoms with Crippen molar-refractivity contribution in [2.75, 3.05) is 33.6 Å². The van der Waals surface area contributed by atoms with Gasteiger partial charge >= 0.3 is 0 Å². The van der Waals surface area contributed by atoms with Crippen LogP contribution >= 0.6 is 0 Å². The monoisotopic (exact) mass is 321 g/mol. The van der Waals surface area contributed by atoms with Gasteiger partial charge in [-0.3, -0.25) is 0 Å². The number of nitrogens with one attached hydrogen (secondary N) is 2. The van der Waals surface area contributed by atoms with Gasteiger partial charge in [-0.05, 0) is 43.9 Å². The highest BCUT2D eigenvalue weighted by molar-refractivity contribution is 5.79. The SMILES string of the molecule is CCNC(=NCc1ccc2c(c1)OCO2)NCCCCCOC. The van der Waals surface area contributed by atoms with Gasteiger partial charge in [-0.2, -0.15) is 0 Å². The molecular weight excluding hydrogens is 294 g/mol. The lowest BCUT2D eigenvalue weighted by Gasteiger charge is -2.11. The maximum Gasteiger partial charge on any atom is 0.231 e. The Morgan fingerprint density at radius 1 is 1.17 bits per heavy atom. The van der Waals surface area contributed by atoms with E-state index in [2.05, 4.69) is 22.5 Å². The van der Waals surface area contributed by atoms with E-state index in [-0.39, 0.29) is 0 Å². The first-order chi connectivity index (χ1) is 11.3. The van der Waals surface area contributed by atoms with Crippen LogP contribution in [0.3, 0.4) is 0 Å². The van der Waals surface area contributed by atoms with Gasteiger partial charge in [0.25, 0.3) is 0 Å². The van der Waals surface area contributed by atoms with Crippen molar-refractivity contribution in [1.82, 2.24) is 10.6 Å². The lowest BCUT2D eigenvalue weighted by atomic mass is 10.2. The number of methoxy groups -OCH3 is 1. The second-order valence-corrected chi connectivity index (χ2v) is 5.36. The second-order valence-electron chi connectivity index (χ2n) is 5.36. The molecule has 1 heterocycles. The molecule has 128 valence electrons.